The molecule has 0 aromatic carbocycles. The quantitative estimate of drug-likeness (QED) is 0.697. The standard InChI is InChI=1S/C16H15ClN6OS/c1-5-23-13(10(3)20-14(23)9(2)17)12-8-25-16(22-12)21-11-6-18-15(24-4)19-7-11/h5-8H,1-2H2,3-4H3,(H,21,22). The van der Waals surface area contributed by atoms with Crippen molar-refractivity contribution in [2.24, 2.45) is 0 Å². The fraction of sp³-hybridized carbons (Fsp3) is 0.125. The molecular weight excluding hydrogens is 360 g/mol. The van der Waals surface area contributed by atoms with E-state index >= 15 is 0 Å². The second-order valence-electron chi connectivity index (χ2n) is 4.95. The van der Waals surface area contributed by atoms with Gasteiger partial charge < -0.3 is 10.1 Å². The van der Waals surface area contributed by atoms with Crippen LogP contribution in [-0.4, -0.2) is 31.6 Å². The highest BCUT2D eigenvalue weighted by Gasteiger charge is 2.18. The van der Waals surface area contributed by atoms with Crippen molar-refractivity contribution in [3.63, 3.8) is 0 Å². The lowest BCUT2D eigenvalue weighted by molar-refractivity contribution is 0.380. The fourth-order valence-corrected chi connectivity index (χ4v) is 3.12. The van der Waals surface area contributed by atoms with E-state index in [1.165, 1.54) is 18.4 Å². The van der Waals surface area contributed by atoms with Crippen molar-refractivity contribution in [3.8, 4) is 17.4 Å². The first-order valence-corrected chi connectivity index (χ1v) is 8.44. The predicted molar refractivity (Wildman–Crippen MR) is 101 cm³/mol. The summed E-state index contributed by atoms with van der Waals surface area (Å²) in [4.78, 5) is 17.1. The third-order valence-electron chi connectivity index (χ3n) is 3.32. The average molecular weight is 375 g/mol. The number of imidazole rings is 1. The molecule has 3 rings (SSSR count). The summed E-state index contributed by atoms with van der Waals surface area (Å²) in [5.74, 6) is 0.551. The molecule has 0 aliphatic heterocycles. The number of thiazole rings is 1. The molecule has 0 aliphatic carbocycles. The number of aryl methyl sites for hydroxylation is 1. The van der Waals surface area contributed by atoms with Crippen LogP contribution in [0.15, 0.2) is 30.9 Å². The highest BCUT2D eigenvalue weighted by atomic mass is 35.5. The number of methoxy groups -OCH3 is 1. The number of halogens is 1. The molecule has 0 bridgehead atoms. The van der Waals surface area contributed by atoms with Gasteiger partial charge in [-0.05, 0) is 6.92 Å². The Kier molecular flexibility index (Phi) is 4.82. The molecular formula is C16H15ClN6OS. The highest BCUT2D eigenvalue weighted by Crippen LogP contribution is 2.32. The van der Waals surface area contributed by atoms with Gasteiger partial charge in [0.05, 0.1) is 41.6 Å². The van der Waals surface area contributed by atoms with Gasteiger partial charge in [-0.25, -0.2) is 19.9 Å². The summed E-state index contributed by atoms with van der Waals surface area (Å²) in [6, 6.07) is 0.310. The van der Waals surface area contributed by atoms with Crippen molar-refractivity contribution in [1.29, 1.82) is 0 Å². The summed E-state index contributed by atoms with van der Waals surface area (Å²) >= 11 is 7.47. The number of hydrogen-bond acceptors (Lipinski definition) is 7. The highest BCUT2D eigenvalue weighted by molar-refractivity contribution is 7.14. The molecule has 3 aromatic heterocycles. The predicted octanol–water partition coefficient (Wildman–Crippen LogP) is 4.17. The fourth-order valence-electron chi connectivity index (χ4n) is 2.27. The van der Waals surface area contributed by atoms with E-state index < -0.39 is 0 Å². The number of nitrogens with one attached hydrogen (secondary N) is 1. The summed E-state index contributed by atoms with van der Waals surface area (Å²) in [5, 5.41) is 6.13. The van der Waals surface area contributed by atoms with Gasteiger partial charge >= 0.3 is 6.01 Å². The van der Waals surface area contributed by atoms with Crippen LogP contribution in [0.2, 0.25) is 0 Å². The van der Waals surface area contributed by atoms with Gasteiger partial charge in [0.15, 0.2) is 11.0 Å². The van der Waals surface area contributed by atoms with Crippen molar-refractivity contribution in [2.75, 3.05) is 12.4 Å². The average Bonchev–Trinajstić information content (AvgIpc) is 3.19. The SMILES string of the molecule is C=Cn1c(C(=C)Cl)nc(C)c1-c1csc(Nc2cnc(OC)nc2)n1. The van der Waals surface area contributed by atoms with Gasteiger partial charge in [-0.3, -0.25) is 4.57 Å². The lowest BCUT2D eigenvalue weighted by Gasteiger charge is -2.04. The van der Waals surface area contributed by atoms with E-state index in [4.69, 9.17) is 16.3 Å². The van der Waals surface area contributed by atoms with Crippen molar-refractivity contribution < 1.29 is 4.74 Å². The molecule has 0 spiro atoms. The van der Waals surface area contributed by atoms with Crippen LogP contribution in [0.5, 0.6) is 6.01 Å². The maximum Gasteiger partial charge on any atom is 0.316 e. The number of aromatic nitrogens is 5. The zero-order chi connectivity index (χ0) is 18.0. The van der Waals surface area contributed by atoms with Gasteiger partial charge in [-0.1, -0.05) is 24.8 Å². The molecule has 128 valence electrons. The minimum atomic E-state index is 0.310. The maximum absolute atomic E-state index is 6.02. The van der Waals surface area contributed by atoms with Crippen molar-refractivity contribution in [3.05, 3.63) is 42.4 Å². The van der Waals surface area contributed by atoms with E-state index in [2.05, 4.69) is 38.4 Å². The number of hydrogen-bond donors (Lipinski definition) is 1. The maximum atomic E-state index is 6.02. The van der Waals surface area contributed by atoms with Crippen molar-refractivity contribution >= 4 is 45.0 Å². The van der Waals surface area contributed by atoms with Gasteiger partial charge in [0, 0.05) is 11.6 Å². The zero-order valence-electron chi connectivity index (χ0n) is 13.7. The van der Waals surface area contributed by atoms with Crippen LogP contribution in [0, 0.1) is 6.92 Å². The molecule has 0 atom stereocenters. The Balaban J connectivity index is 1.91. The molecule has 0 amide bonds. The molecule has 0 aliphatic rings. The Hall–Kier alpha value is -2.71. The lowest BCUT2D eigenvalue weighted by Crippen LogP contribution is -1.97. The van der Waals surface area contributed by atoms with Crippen LogP contribution in [0.3, 0.4) is 0 Å². The van der Waals surface area contributed by atoms with Gasteiger partial charge in [0.2, 0.25) is 0 Å². The first-order chi connectivity index (χ1) is 12.0. The van der Waals surface area contributed by atoms with Crippen LogP contribution >= 0.6 is 22.9 Å². The summed E-state index contributed by atoms with van der Waals surface area (Å²) in [6.45, 7) is 9.45. The summed E-state index contributed by atoms with van der Waals surface area (Å²) in [6.07, 6.45) is 4.89. The largest absolute Gasteiger partial charge is 0.467 e. The number of nitrogens with zero attached hydrogens (tertiary/aromatic N) is 5. The Labute approximate surface area is 153 Å². The van der Waals surface area contributed by atoms with Crippen molar-refractivity contribution in [1.82, 2.24) is 24.5 Å². The molecule has 0 unspecified atom stereocenters. The van der Waals surface area contributed by atoms with E-state index in [-0.39, 0.29) is 0 Å². The summed E-state index contributed by atoms with van der Waals surface area (Å²) in [5.41, 5.74) is 3.09. The molecule has 0 radical (unpaired) electrons. The van der Waals surface area contributed by atoms with Crippen LogP contribution < -0.4 is 10.1 Å². The van der Waals surface area contributed by atoms with E-state index in [0.717, 1.165) is 17.1 Å². The molecule has 3 aromatic rings. The molecule has 0 fully saturated rings. The van der Waals surface area contributed by atoms with Crippen LogP contribution in [-0.2, 0) is 0 Å². The molecule has 0 saturated heterocycles. The van der Waals surface area contributed by atoms with Crippen molar-refractivity contribution in [2.45, 2.75) is 6.92 Å². The normalized spacial score (nSPS) is 10.5. The van der Waals surface area contributed by atoms with Gasteiger partial charge in [0.25, 0.3) is 0 Å². The summed E-state index contributed by atoms with van der Waals surface area (Å²) < 4.78 is 6.72. The summed E-state index contributed by atoms with van der Waals surface area (Å²) in [7, 11) is 1.52. The van der Waals surface area contributed by atoms with E-state index in [9.17, 15) is 0 Å². The molecule has 0 saturated carbocycles. The second kappa shape index (κ2) is 7.04. The second-order valence-corrected chi connectivity index (χ2v) is 6.26. The van der Waals surface area contributed by atoms with E-state index in [0.29, 0.717) is 27.7 Å². The molecule has 3 heterocycles. The molecule has 7 nitrogen and oxygen atoms in total. The minimum absolute atomic E-state index is 0.310. The Morgan fingerprint density at radius 1 is 1.36 bits per heavy atom. The molecule has 25 heavy (non-hydrogen) atoms. The number of ether oxygens (including phenoxy) is 1. The topological polar surface area (TPSA) is 77.8 Å². The Bertz CT molecular complexity index is 931. The Morgan fingerprint density at radius 3 is 2.68 bits per heavy atom. The third kappa shape index (κ3) is 3.40. The monoisotopic (exact) mass is 374 g/mol. The van der Waals surface area contributed by atoms with Gasteiger partial charge in [0.1, 0.15) is 5.69 Å². The first-order valence-electron chi connectivity index (χ1n) is 7.18. The van der Waals surface area contributed by atoms with Gasteiger partial charge in [-0.15, -0.1) is 11.3 Å². The molecule has 1 N–H and O–H groups in total. The minimum Gasteiger partial charge on any atom is -0.467 e. The smallest absolute Gasteiger partial charge is 0.316 e. The number of anilines is 2. The van der Waals surface area contributed by atoms with E-state index in [1.807, 2.05) is 12.3 Å². The van der Waals surface area contributed by atoms with Crippen LogP contribution in [0.1, 0.15) is 11.5 Å². The lowest BCUT2D eigenvalue weighted by atomic mass is 10.3. The Morgan fingerprint density at radius 2 is 2.08 bits per heavy atom. The van der Waals surface area contributed by atoms with E-state index in [1.54, 1.807) is 23.2 Å². The van der Waals surface area contributed by atoms with Crippen LogP contribution in [0.25, 0.3) is 22.6 Å². The molecule has 9 heteroatoms. The van der Waals surface area contributed by atoms with Gasteiger partial charge in [-0.2, -0.15) is 0 Å². The van der Waals surface area contributed by atoms with Crippen LogP contribution in [0.4, 0.5) is 10.8 Å². The zero-order valence-corrected chi connectivity index (χ0v) is 15.2. The number of rotatable bonds is 6. The third-order valence-corrected chi connectivity index (χ3v) is 4.25. The first kappa shape index (κ1) is 17.1.